The van der Waals surface area contributed by atoms with Crippen LogP contribution in [0.15, 0.2) is 54.6 Å². The molecule has 7 heteroatoms. The molecule has 5 nitrogen and oxygen atoms in total. The first-order valence-electron chi connectivity index (χ1n) is 8.27. The number of nitrogens with one attached hydrogen (secondary N) is 1. The van der Waals surface area contributed by atoms with Crippen molar-refractivity contribution in [3.8, 4) is 0 Å². The summed E-state index contributed by atoms with van der Waals surface area (Å²) in [6, 6.07) is 15.6. The fourth-order valence-electron chi connectivity index (χ4n) is 2.49. The van der Waals surface area contributed by atoms with E-state index >= 15 is 0 Å². The van der Waals surface area contributed by atoms with E-state index in [1.165, 1.54) is 18.2 Å². The molecule has 0 aliphatic rings. The summed E-state index contributed by atoms with van der Waals surface area (Å²) in [6.07, 6.45) is 1.01. The Morgan fingerprint density at radius 3 is 2.35 bits per heavy atom. The molecule has 0 radical (unpaired) electrons. The van der Waals surface area contributed by atoms with Crippen molar-refractivity contribution in [1.29, 1.82) is 0 Å². The summed E-state index contributed by atoms with van der Waals surface area (Å²) in [7, 11) is -3.66. The molecule has 0 fully saturated rings. The highest BCUT2D eigenvalue weighted by Gasteiger charge is 2.22. The van der Waals surface area contributed by atoms with Crippen LogP contribution in [0.25, 0.3) is 0 Å². The van der Waals surface area contributed by atoms with Crippen molar-refractivity contribution in [2.24, 2.45) is 0 Å². The van der Waals surface area contributed by atoms with Crippen molar-refractivity contribution in [1.82, 2.24) is 9.62 Å². The minimum Gasteiger partial charge on any atom is -0.354 e. The molecule has 0 unspecified atom stereocenters. The highest BCUT2D eigenvalue weighted by molar-refractivity contribution is 7.88. The molecule has 1 N–H and O–H groups in total. The maximum absolute atomic E-state index is 13.8. The van der Waals surface area contributed by atoms with E-state index in [1.54, 1.807) is 6.07 Å². The summed E-state index contributed by atoms with van der Waals surface area (Å²) in [5, 5.41) is 2.75. The van der Waals surface area contributed by atoms with E-state index in [0.29, 0.717) is 6.54 Å². The summed E-state index contributed by atoms with van der Waals surface area (Å²) in [4.78, 5) is 12.2. The Morgan fingerprint density at radius 1 is 1.12 bits per heavy atom. The molecule has 1 atom stereocenters. The zero-order valence-corrected chi connectivity index (χ0v) is 15.7. The van der Waals surface area contributed by atoms with Gasteiger partial charge in [0.15, 0.2) is 0 Å². The number of nitrogens with zero attached hydrogens (tertiary/aromatic N) is 1. The molecule has 26 heavy (non-hydrogen) atoms. The Labute approximate surface area is 153 Å². The molecule has 2 aromatic rings. The molecule has 0 aliphatic carbocycles. The first-order chi connectivity index (χ1) is 12.3. The summed E-state index contributed by atoms with van der Waals surface area (Å²) < 4.78 is 38.7. The lowest BCUT2D eigenvalue weighted by Crippen LogP contribution is -2.40. The minimum atomic E-state index is -3.66. The van der Waals surface area contributed by atoms with Crippen LogP contribution in [0.4, 0.5) is 4.39 Å². The van der Waals surface area contributed by atoms with Crippen LogP contribution in [0.1, 0.15) is 24.0 Å². The summed E-state index contributed by atoms with van der Waals surface area (Å²) in [6.45, 7) is 1.82. The number of carbonyl (C=O) groups excluding carboxylic acids is 1. The molecule has 0 heterocycles. The van der Waals surface area contributed by atoms with Crippen LogP contribution < -0.4 is 5.32 Å². The van der Waals surface area contributed by atoms with Gasteiger partial charge in [0, 0.05) is 18.7 Å². The Morgan fingerprint density at radius 2 is 1.73 bits per heavy atom. The quantitative estimate of drug-likeness (QED) is 0.768. The van der Waals surface area contributed by atoms with Gasteiger partial charge in [0.25, 0.3) is 0 Å². The number of halogens is 1. The Balaban J connectivity index is 1.98. The average Bonchev–Trinajstić information content (AvgIpc) is 2.61. The Kier molecular flexibility index (Phi) is 6.88. The first-order valence-corrected chi connectivity index (χ1v) is 10.1. The van der Waals surface area contributed by atoms with Gasteiger partial charge in [0.2, 0.25) is 15.9 Å². The van der Waals surface area contributed by atoms with Crippen molar-refractivity contribution < 1.29 is 17.6 Å². The first kappa shape index (κ1) is 20.1. The Bertz CT molecular complexity index is 841. The fraction of sp³-hybridized carbons (Fsp3) is 0.316. The summed E-state index contributed by atoms with van der Waals surface area (Å²) >= 11 is 0. The van der Waals surface area contributed by atoms with Crippen LogP contribution in [0.3, 0.4) is 0 Å². The van der Waals surface area contributed by atoms with Crippen LogP contribution in [0, 0.1) is 5.82 Å². The monoisotopic (exact) mass is 378 g/mol. The van der Waals surface area contributed by atoms with Gasteiger partial charge < -0.3 is 5.32 Å². The lowest BCUT2D eigenvalue weighted by molar-refractivity contribution is -0.121. The van der Waals surface area contributed by atoms with E-state index in [1.807, 2.05) is 37.3 Å². The van der Waals surface area contributed by atoms with Gasteiger partial charge in [-0.25, -0.2) is 12.8 Å². The molecule has 140 valence electrons. The molecule has 0 aliphatic heterocycles. The lowest BCUT2D eigenvalue weighted by Gasteiger charge is -2.20. The maximum atomic E-state index is 13.8. The topological polar surface area (TPSA) is 66.5 Å². The van der Waals surface area contributed by atoms with E-state index in [4.69, 9.17) is 0 Å². The number of carbonyl (C=O) groups is 1. The third-order valence-electron chi connectivity index (χ3n) is 4.07. The number of rotatable bonds is 8. The van der Waals surface area contributed by atoms with Crippen molar-refractivity contribution in [2.45, 2.75) is 19.4 Å². The molecule has 0 aromatic heterocycles. The third-order valence-corrected chi connectivity index (χ3v) is 5.26. The second-order valence-electron chi connectivity index (χ2n) is 6.24. The lowest BCUT2D eigenvalue weighted by atomic mass is 10.0. The van der Waals surface area contributed by atoms with E-state index in [2.05, 4.69) is 5.32 Å². The van der Waals surface area contributed by atoms with E-state index in [-0.39, 0.29) is 24.6 Å². The van der Waals surface area contributed by atoms with Gasteiger partial charge in [0.05, 0.1) is 12.8 Å². The number of sulfonamides is 1. The highest BCUT2D eigenvalue weighted by Crippen LogP contribution is 2.14. The van der Waals surface area contributed by atoms with Gasteiger partial charge in [-0.1, -0.05) is 55.5 Å². The van der Waals surface area contributed by atoms with Gasteiger partial charge in [-0.2, -0.15) is 4.31 Å². The van der Waals surface area contributed by atoms with Gasteiger partial charge in [-0.3, -0.25) is 4.79 Å². The normalized spacial score (nSPS) is 12.8. The number of benzene rings is 2. The Hall–Kier alpha value is -2.25. The van der Waals surface area contributed by atoms with Crippen LogP contribution in [0.2, 0.25) is 0 Å². The van der Waals surface area contributed by atoms with Crippen LogP contribution in [-0.4, -0.2) is 38.0 Å². The van der Waals surface area contributed by atoms with Gasteiger partial charge in [-0.15, -0.1) is 0 Å². The maximum Gasteiger partial charge on any atom is 0.235 e. The molecule has 0 spiro atoms. The largest absolute Gasteiger partial charge is 0.354 e. The third kappa shape index (κ3) is 5.93. The predicted octanol–water partition coefficient (Wildman–Crippen LogP) is 2.51. The van der Waals surface area contributed by atoms with Gasteiger partial charge in [0.1, 0.15) is 5.82 Å². The highest BCUT2D eigenvalue weighted by atomic mass is 32.2. The van der Waals surface area contributed by atoms with Crippen LogP contribution >= 0.6 is 0 Å². The van der Waals surface area contributed by atoms with Crippen molar-refractivity contribution in [2.75, 3.05) is 19.3 Å². The molecule has 1 amide bonds. The summed E-state index contributed by atoms with van der Waals surface area (Å²) in [5.41, 5.74) is 1.31. The number of hydrogen-bond acceptors (Lipinski definition) is 3. The van der Waals surface area contributed by atoms with Crippen molar-refractivity contribution in [3.05, 3.63) is 71.5 Å². The average molecular weight is 378 g/mol. The molecule has 2 rings (SSSR count). The van der Waals surface area contributed by atoms with Gasteiger partial charge in [-0.05, 0) is 17.5 Å². The fourth-order valence-corrected chi connectivity index (χ4v) is 3.21. The molecule has 0 bridgehead atoms. The van der Waals surface area contributed by atoms with E-state index in [9.17, 15) is 17.6 Å². The molecule has 0 saturated heterocycles. The zero-order chi connectivity index (χ0) is 19.2. The molecular formula is C19H23FN2O3S. The number of amides is 1. The van der Waals surface area contributed by atoms with E-state index < -0.39 is 21.7 Å². The van der Waals surface area contributed by atoms with Crippen molar-refractivity contribution in [3.63, 3.8) is 0 Å². The predicted molar refractivity (Wildman–Crippen MR) is 99.5 cm³/mol. The molecular weight excluding hydrogens is 355 g/mol. The zero-order valence-electron chi connectivity index (χ0n) is 14.9. The van der Waals surface area contributed by atoms with Gasteiger partial charge >= 0.3 is 0 Å². The smallest absolute Gasteiger partial charge is 0.235 e. The van der Waals surface area contributed by atoms with Crippen molar-refractivity contribution >= 4 is 15.9 Å². The molecule has 0 saturated carbocycles. The second-order valence-corrected chi connectivity index (χ2v) is 8.22. The minimum absolute atomic E-state index is 0.0957. The van der Waals surface area contributed by atoms with E-state index in [0.717, 1.165) is 16.1 Å². The standard InChI is InChI=1S/C19H23FN2O3S/c1-15(16-8-4-3-5-9-16)12-21-19(23)14-22(26(2,24)25)13-17-10-6-7-11-18(17)20/h3-11,15H,12-14H2,1-2H3,(H,21,23)/t15-/m1/s1. The number of hydrogen-bond donors (Lipinski definition) is 1. The van der Waals surface area contributed by atoms with Crippen LogP contribution in [0.5, 0.6) is 0 Å². The summed E-state index contributed by atoms with van der Waals surface area (Å²) in [5.74, 6) is -0.827. The molecule has 2 aromatic carbocycles. The SMILES string of the molecule is C[C@H](CNC(=O)CN(Cc1ccccc1F)S(C)(=O)=O)c1ccccc1. The van der Waals surface area contributed by atoms with Crippen LogP contribution in [-0.2, 0) is 21.4 Å². The second kappa shape index (κ2) is 8.91.